The molecule has 10 heteroatoms. The molecule has 0 fully saturated rings. The number of benzene rings is 5. The van der Waals surface area contributed by atoms with E-state index in [0.717, 1.165) is 226 Å². The van der Waals surface area contributed by atoms with Gasteiger partial charge in [-0.2, -0.15) is 0 Å². The zero-order valence-corrected chi connectivity index (χ0v) is 49.6. The second kappa shape index (κ2) is 27.9. The number of halogens is 2. The van der Waals surface area contributed by atoms with Crippen molar-refractivity contribution in [2.24, 2.45) is 0 Å². The van der Waals surface area contributed by atoms with Crippen molar-refractivity contribution in [2.45, 2.75) is 243 Å². The molecule has 7 rings (SSSR count). The second-order valence-corrected chi connectivity index (χ2v) is 25.1. The lowest BCUT2D eigenvalue weighted by Crippen LogP contribution is -2.47. The molecule has 4 amide bonds. The molecule has 0 aromatic heterocycles. The molecule has 0 bridgehead atoms. The fourth-order valence-electron chi connectivity index (χ4n) is 11.9. The largest absolute Gasteiger partial charge is 0.271 e. The lowest BCUT2D eigenvalue weighted by atomic mass is 9.81. The molecule has 2 aliphatic rings. The maximum absolute atomic E-state index is 15.8. The predicted molar refractivity (Wildman–Crippen MR) is 316 cm³/mol. The van der Waals surface area contributed by atoms with Crippen LogP contribution >= 0.6 is 55.4 Å². The van der Waals surface area contributed by atoms with Crippen molar-refractivity contribution < 1.29 is 19.2 Å². The Morgan fingerprint density at radius 2 is 0.639 bits per heavy atom. The number of hydrogen-bond acceptors (Lipinski definition) is 6. The van der Waals surface area contributed by atoms with Crippen molar-refractivity contribution in [3.05, 3.63) is 55.5 Å². The molecule has 2 aliphatic heterocycles. The van der Waals surface area contributed by atoms with Gasteiger partial charge in [0.05, 0.1) is 22.3 Å². The number of carbonyl (C=O) groups is 4. The Hall–Kier alpha value is -2.66. The van der Waals surface area contributed by atoms with Crippen molar-refractivity contribution in [3.8, 4) is 0 Å². The first kappa shape index (κ1) is 57.1. The summed E-state index contributed by atoms with van der Waals surface area (Å²) >= 11 is 11.5. The molecular formula is C62H84Br2N2O4S2. The molecule has 0 saturated carbocycles. The monoisotopic (exact) mass is 1140 g/mol. The number of unbranched alkanes of at least 4 members (excludes halogenated alkanes) is 18. The fourth-order valence-corrected chi connectivity index (χ4v) is 15.3. The molecule has 0 unspecified atom stereocenters. The van der Waals surface area contributed by atoms with E-state index in [1.54, 1.807) is 33.3 Å². The second-order valence-electron chi connectivity index (χ2n) is 21.1. The third-order valence-electron chi connectivity index (χ3n) is 15.8. The molecule has 392 valence electrons. The van der Waals surface area contributed by atoms with Gasteiger partial charge in [0.25, 0.3) is 23.6 Å². The van der Waals surface area contributed by atoms with Gasteiger partial charge in [-0.05, 0) is 138 Å². The van der Waals surface area contributed by atoms with Gasteiger partial charge in [0.1, 0.15) is 0 Å². The van der Waals surface area contributed by atoms with Crippen LogP contribution < -0.4 is 0 Å². The number of nitrogens with zero attached hydrogens (tertiary/aromatic N) is 2. The minimum absolute atomic E-state index is 0.143. The predicted octanol–water partition coefficient (Wildman–Crippen LogP) is 20.4. The first-order chi connectivity index (χ1) is 35.1. The first-order valence-corrected chi connectivity index (χ1v) is 32.3. The van der Waals surface area contributed by atoms with Gasteiger partial charge in [0, 0.05) is 41.6 Å². The molecule has 0 radical (unpaired) electrons. The lowest BCUT2D eigenvalue weighted by molar-refractivity contribution is 0.0498. The van der Waals surface area contributed by atoms with Gasteiger partial charge in [-0.1, -0.05) is 183 Å². The normalized spacial score (nSPS) is 14.0. The fraction of sp³-hybridized carbons (Fsp3) is 0.613. The van der Waals surface area contributed by atoms with Gasteiger partial charge in [-0.15, -0.1) is 23.5 Å². The van der Waals surface area contributed by atoms with Crippen molar-refractivity contribution in [1.29, 1.82) is 0 Å². The molecule has 5 aromatic carbocycles. The van der Waals surface area contributed by atoms with Crippen molar-refractivity contribution in [1.82, 2.24) is 9.80 Å². The van der Waals surface area contributed by atoms with Crippen LogP contribution in [0.2, 0.25) is 0 Å². The average molecular weight is 1150 g/mol. The summed E-state index contributed by atoms with van der Waals surface area (Å²) in [5, 5.41) is 7.10. The Bertz CT molecular complexity index is 2510. The van der Waals surface area contributed by atoms with Crippen LogP contribution in [-0.2, 0) is 0 Å². The summed E-state index contributed by atoms with van der Waals surface area (Å²) in [6.45, 7) is 13.4. The Kier molecular flexibility index (Phi) is 22.1. The van der Waals surface area contributed by atoms with Gasteiger partial charge in [0.15, 0.2) is 0 Å². The highest BCUT2D eigenvalue weighted by atomic mass is 79.9. The van der Waals surface area contributed by atoms with Crippen LogP contribution in [0.4, 0.5) is 0 Å². The number of hydrogen-bond donors (Lipinski definition) is 0. The van der Waals surface area contributed by atoms with E-state index < -0.39 is 0 Å². The zero-order valence-electron chi connectivity index (χ0n) is 44.8. The summed E-state index contributed by atoms with van der Waals surface area (Å²) in [6.07, 6.45) is 29.7. The minimum atomic E-state index is -0.219. The molecule has 0 saturated heterocycles. The number of fused-ring (bicyclic) bond motifs is 2. The highest BCUT2D eigenvalue weighted by Gasteiger charge is 2.44. The SMILES string of the molecule is CCCCCCSc1cc2c3cc(Br)c4c5c(c(Br)cc(c6cc(SCCCCCC)c7c(c1C(=O)N(C(CCCCCC)CCCCCC)C7=O)c26)c53)C(=O)N(C(CCCCCC)CCCCCC)C4=O. The van der Waals surface area contributed by atoms with Crippen molar-refractivity contribution in [2.75, 3.05) is 11.5 Å². The Morgan fingerprint density at radius 1 is 0.361 bits per heavy atom. The van der Waals surface area contributed by atoms with E-state index in [1.807, 2.05) is 0 Å². The first-order valence-electron chi connectivity index (χ1n) is 28.8. The lowest BCUT2D eigenvalue weighted by Gasteiger charge is -2.37. The highest BCUT2D eigenvalue weighted by Crippen LogP contribution is 2.53. The standard InChI is InChI=1S/C62H84Br2N2O4S2/c1-7-13-19-25-31-41(32-26-20-14-8-2)65-59(67)53-47(63)37-43-45-39-49(71-35-29-23-17-11-5)55-58-52(45)46(44-38-48(64)54(60(65)68)57(53)51(43)44)40-50(72-36-30-24-18-12-6)56(58)62(70)66(61(55)69)42(33-27-21-15-9-3)34-28-22-16-10-4/h37-42H,7-36H2,1-6H3. The molecule has 0 atom stereocenters. The average Bonchev–Trinajstić information content (AvgIpc) is 3.36. The third-order valence-corrected chi connectivity index (χ3v) is 19.3. The van der Waals surface area contributed by atoms with Crippen LogP contribution in [0, 0.1) is 0 Å². The van der Waals surface area contributed by atoms with Gasteiger partial charge in [0.2, 0.25) is 0 Å². The van der Waals surface area contributed by atoms with Crippen molar-refractivity contribution in [3.63, 3.8) is 0 Å². The number of carbonyl (C=O) groups excluding carboxylic acids is 4. The Labute approximate surface area is 458 Å². The molecule has 0 N–H and O–H groups in total. The van der Waals surface area contributed by atoms with Crippen molar-refractivity contribution >= 4 is 122 Å². The molecule has 2 heterocycles. The van der Waals surface area contributed by atoms with Gasteiger partial charge < -0.3 is 0 Å². The number of thioether (sulfide) groups is 2. The Morgan fingerprint density at radius 3 is 0.958 bits per heavy atom. The van der Waals surface area contributed by atoms with E-state index in [0.29, 0.717) is 36.6 Å². The van der Waals surface area contributed by atoms with Crippen LogP contribution in [0.3, 0.4) is 0 Å². The quantitative estimate of drug-likeness (QED) is 0.0134. The summed E-state index contributed by atoms with van der Waals surface area (Å²) in [5.41, 5.74) is 2.46. The topological polar surface area (TPSA) is 74.8 Å². The maximum atomic E-state index is 15.8. The number of rotatable bonds is 34. The Balaban J connectivity index is 1.49. The van der Waals surface area contributed by atoms with E-state index in [4.69, 9.17) is 0 Å². The van der Waals surface area contributed by atoms with E-state index in [1.165, 1.54) is 12.8 Å². The molecule has 5 aromatic rings. The number of imide groups is 2. The van der Waals surface area contributed by atoms with Crippen LogP contribution in [0.15, 0.2) is 43.0 Å². The summed E-state index contributed by atoms with van der Waals surface area (Å²) in [6, 6.07) is 8.36. The molecular weight excluding hydrogens is 1060 g/mol. The van der Waals surface area contributed by atoms with Crippen LogP contribution in [0.25, 0.3) is 43.1 Å². The molecule has 0 aliphatic carbocycles. The highest BCUT2D eigenvalue weighted by molar-refractivity contribution is 9.11. The molecule has 6 nitrogen and oxygen atoms in total. The molecule has 0 spiro atoms. The summed E-state index contributed by atoms with van der Waals surface area (Å²) in [5.74, 6) is 1.01. The summed E-state index contributed by atoms with van der Waals surface area (Å²) in [7, 11) is 0. The minimum Gasteiger partial charge on any atom is -0.271 e. The zero-order chi connectivity index (χ0) is 51.3. The van der Waals surface area contributed by atoms with Gasteiger partial charge in [-0.25, -0.2) is 0 Å². The van der Waals surface area contributed by atoms with E-state index in [9.17, 15) is 0 Å². The van der Waals surface area contributed by atoms with Crippen LogP contribution in [0.1, 0.15) is 263 Å². The maximum Gasteiger partial charge on any atom is 0.262 e. The van der Waals surface area contributed by atoms with Crippen LogP contribution in [-0.4, -0.2) is 57.0 Å². The summed E-state index contributed by atoms with van der Waals surface area (Å²) in [4.78, 5) is 67.4. The molecule has 72 heavy (non-hydrogen) atoms. The van der Waals surface area contributed by atoms with E-state index >= 15 is 19.2 Å². The van der Waals surface area contributed by atoms with Gasteiger partial charge in [-0.3, -0.25) is 29.0 Å². The van der Waals surface area contributed by atoms with Gasteiger partial charge >= 0.3 is 0 Å². The van der Waals surface area contributed by atoms with Crippen LogP contribution in [0.5, 0.6) is 0 Å². The van der Waals surface area contributed by atoms with E-state index in [-0.39, 0.29) is 35.7 Å². The smallest absolute Gasteiger partial charge is 0.262 e. The summed E-state index contributed by atoms with van der Waals surface area (Å²) < 4.78 is 1.34. The number of amides is 4. The third kappa shape index (κ3) is 12.3. The van der Waals surface area contributed by atoms with E-state index in [2.05, 4.69) is 97.7 Å².